The zero-order valence-electron chi connectivity index (χ0n) is 20.8. The Kier molecular flexibility index (Phi) is 9.14. The highest BCUT2D eigenvalue weighted by Crippen LogP contribution is 2.36. The van der Waals surface area contributed by atoms with Crippen molar-refractivity contribution in [1.29, 1.82) is 0 Å². The molecular weight excluding hydrogens is 428 g/mol. The Hall–Kier alpha value is -2.38. The Morgan fingerprint density at radius 3 is 2.47 bits per heavy atom. The van der Waals surface area contributed by atoms with Crippen molar-refractivity contribution in [3.63, 3.8) is 0 Å². The number of hydrogen-bond acceptors (Lipinski definition) is 6. The molecule has 0 saturated heterocycles. The number of aliphatic hydroxyl groups is 1. The maximum Gasteiger partial charge on any atom is 0.185 e. The van der Waals surface area contributed by atoms with Crippen LogP contribution in [-0.4, -0.2) is 45.7 Å². The zero-order valence-corrected chi connectivity index (χ0v) is 20.8. The molecule has 34 heavy (non-hydrogen) atoms. The number of hydrazine groups is 1. The molecule has 0 fully saturated rings. The number of hydrogen-bond donors (Lipinski definition) is 3. The molecule has 6 heteroatoms. The van der Waals surface area contributed by atoms with E-state index < -0.39 is 18.1 Å². The van der Waals surface area contributed by atoms with Gasteiger partial charge in [-0.1, -0.05) is 47.1 Å². The standard InChI is InChI=1S/C28H38N2O4/c1-18(2)8-5-9-19(3)10-6-11-20(4)14-15-21-16-25(32)23-17-30(34)29-27-22(26(23)28(21)33)12-7-13-24(27)31/h7-8,10,12,14,16,23,25,27,29,32,34H,5-6,9,11,13,15,17H2,1-4H3. The van der Waals surface area contributed by atoms with Crippen molar-refractivity contribution in [2.75, 3.05) is 6.54 Å². The third-order valence-electron chi connectivity index (χ3n) is 6.69. The summed E-state index contributed by atoms with van der Waals surface area (Å²) in [6.07, 6.45) is 15.5. The van der Waals surface area contributed by atoms with E-state index in [-0.39, 0.29) is 24.5 Å². The average Bonchev–Trinajstić information content (AvgIpc) is 2.92. The minimum atomic E-state index is -0.907. The number of carbonyl (C=O) groups is 2. The molecule has 0 aromatic rings. The SMILES string of the molecule is CC(C)=CCCC(C)=CCCC(C)=CCC1=CC(O)C2CN(O)NC3C(=O)CC=CC3=C2C1=O. The number of allylic oxidation sites excluding steroid dienone is 8. The summed E-state index contributed by atoms with van der Waals surface area (Å²) in [4.78, 5) is 25.9. The Morgan fingerprint density at radius 1 is 1.09 bits per heavy atom. The van der Waals surface area contributed by atoms with E-state index in [4.69, 9.17) is 0 Å². The summed E-state index contributed by atoms with van der Waals surface area (Å²) in [6.45, 7) is 8.50. The maximum absolute atomic E-state index is 13.4. The number of hydroxylamine groups is 1. The minimum absolute atomic E-state index is 0.0291. The van der Waals surface area contributed by atoms with Crippen LogP contribution in [0, 0.1) is 5.92 Å². The van der Waals surface area contributed by atoms with Crippen LogP contribution in [0.4, 0.5) is 0 Å². The second-order valence-corrected chi connectivity index (χ2v) is 9.87. The van der Waals surface area contributed by atoms with Crippen LogP contribution >= 0.6 is 0 Å². The molecule has 0 saturated carbocycles. The second-order valence-electron chi connectivity index (χ2n) is 9.87. The van der Waals surface area contributed by atoms with Crippen LogP contribution < -0.4 is 5.43 Å². The van der Waals surface area contributed by atoms with Crippen LogP contribution in [-0.2, 0) is 9.59 Å². The van der Waals surface area contributed by atoms with Crippen molar-refractivity contribution >= 4 is 11.6 Å². The smallest absolute Gasteiger partial charge is 0.185 e. The van der Waals surface area contributed by atoms with Gasteiger partial charge in [-0.25, -0.2) is 5.43 Å². The molecule has 3 aliphatic rings. The molecule has 3 rings (SSSR count). The third-order valence-corrected chi connectivity index (χ3v) is 6.69. The summed E-state index contributed by atoms with van der Waals surface area (Å²) in [5, 5.41) is 21.8. The number of rotatable bonds is 8. The highest BCUT2D eigenvalue weighted by molar-refractivity contribution is 6.12. The Bertz CT molecular complexity index is 992. The minimum Gasteiger partial charge on any atom is -0.388 e. The highest BCUT2D eigenvalue weighted by Gasteiger charge is 2.42. The lowest BCUT2D eigenvalue weighted by Crippen LogP contribution is -2.48. The first-order valence-electron chi connectivity index (χ1n) is 12.2. The molecule has 3 unspecified atom stereocenters. The number of fused-ring (bicyclic) bond motifs is 2. The summed E-state index contributed by atoms with van der Waals surface area (Å²) >= 11 is 0. The van der Waals surface area contributed by atoms with E-state index in [0.717, 1.165) is 30.9 Å². The molecular formula is C28H38N2O4. The zero-order chi connectivity index (χ0) is 24.8. The Balaban J connectivity index is 1.69. The molecule has 0 bridgehead atoms. The second kappa shape index (κ2) is 11.8. The van der Waals surface area contributed by atoms with Crippen LogP contribution in [0.15, 0.2) is 69.9 Å². The lowest BCUT2D eigenvalue weighted by molar-refractivity contribution is -0.157. The molecule has 0 radical (unpaired) electrons. The van der Waals surface area contributed by atoms with Gasteiger partial charge in [0.05, 0.1) is 6.10 Å². The molecule has 184 valence electrons. The quantitative estimate of drug-likeness (QED) is 0.450. The number of aliphatic hydroxyl groups excluding tert-OH is 1. The molecule has 0 aromatic carbocycles. The molecule has 0 spiro atoms. The van der Waals surface area contributed by atoms with Gasteiger partial charge in [-0.2, -0.15) is 0 Å². The first-order valence-corrected chi connectivity index (χ1v) is 12.2. The van der Waals surface area contributed by atoms with Gasteiger partial charge in [0.15, 0.2) is 11.6 Å². The lowest BCUT2D eigenvalue weighted by Gasteiger charge is -2.29. The predicted octanol–water partition coefficient (Wildman–Crippen LogP) is 4.69. The van der Waals surface area contributed by atoms with Gasteiger partial charge in [0.1, 0.15) is 6.04 Å². The molecule has 3 atom stereocenters. The Morgan fingerprint density at radius 2 is 1.76 bits per heavy atom. The van der Waals surface area contributed by atoms with Gasteiger partial charge in [0.25, 0.3) is 0 Å². The molecule has 3 N–H and O–H groups in total. The van der Waals surface area contributed by atoms with Crippen molar-refractivity contribution in [3.8, 4) is 0 Å². The molecule has 1 heterocycles. The van der Waals surface area contributed by atoms with E-state index in [0.29, 0.717) is 23.1 Å². The monoisotopic (exact) mass is 466 g/mol. The predicted molar refractivity (Wildman–Crippen MR) is 134 cm³/mol. The average molecular weight is 467 g/mol. The molecule has 2 aliphatic carbocycles. The molecule has 6 nitrogen and oxygen atoms in total. The fraction of sp³-hybridized carbons (Fsp3) is 0.500. The third kappa shape index (κ3) is 6.60. The summed E-state index contributed by atoms with van der Waals surface area (Å²) in [7, 11) is 0. The first kappa shape index (κ1) is 26.2. The summed E-state index contributed by atoms with van der Waals surface area (Å²) < 4.78 is 0. The first-order chi connectivity index (χ1) is 16.2. The van der Waals surface area contributed by atoms with Gasteiger partial charge >= 0.3 is 0 Å². The molecule has 0 aromatic heterocycles. The number of nitrogens with zero attached hydrogens (tertiary/aromatic N) is 1. The largest absolute Gasteiger partial charge is 0.388 e. The van der Waals surface area contributed by atoms with Crippen LogP contribution in [0.3, 0.4) is 0 Å². The summed E-state index contributed by atoms with van der Waals surface area (Å²) in [5.41, 5.74) is 8.24. The van der Waals surface area contributed by atoms with E-state index in [9.17, 15) is 19.9 Å². The van der Waals surface area contributed by atoms with Crippen molar-refractivity contribution < 1.29 is 19.9 Å². The van der Waals surface area contributed by atoms with Crippen molar-refractivity contribution in [2.45, 2.75) is 78.4 Å². The number of nitrogens with one attached hydrogen (secondary N) is 1. The fourth-order valence-electron chi connectivity index (χ4n) is 4.70. The molecule has 1 aliphatic heterocycles. The van der Waals surface area contributed by atoms with Gasteiger partial charge in [0, 0.05) is 30.0 Å². The van der Waals surface area contributed by atoms with Gasteiger partial charge < -0.3 is 5.11 Å². The van der Waals surface area contributed by atoms with E-state index in [1.807, 2.05) is 0 Å². The van der Waals surface area contributed by atoms with E-state index in [1.54, 1.807) is 18.2 Å². The normalized spacial score (nSPS) is 26.2. The lowest BCUT2D eigenvalue weighted by atomic mass is 9.76. The van der Waals surface area contributed by atoms with Crippen LogP contribution in [0.25, 0.3) is 0 Å². The van der Waals surface area contributed by atoms with Crippen molar-refractivity contribution in [3.05, 3.63) is 69.9 Å². The molecule has 0 amide bonds. The van der Waals surface area contributed by atoms with E-state index in [2.05, 4.69) is 51.3 Å². The van der Waals surface area contributed by atoms with Crippen LogP contribution in [0.5, 0.6) is 0 Å². The number of Topliss-reactive ketones (excluding diaryl/α,β-unsaturated/α-hetero) is 2. The van der Waals surface area contributed by atoms with Gasteiger partial charge in [0.2, 0.25) is 0 Å². The van der Waals surface area contributed by atoms with Gasteiger partial charge in [-0.05, 0) is 71.4 Å². The summed E-state index contributed by atoms with van der Waals surface area (Å²) in [6, 6.07) is -0.769. The van der Waals surface area contributed by atoms with E-state index in [1.165, 1.54) is 16.7 Å². The number of carbonyl (C=O) groups excluding carboxylic acids is 2. The van der Waals surface area contributed by atoms with Gasteiger partial charge in [-0.3, -0.25) is 14.8 Å². The van der Waals surface area contributed by atoms with Gasteiger partial charge in [-0.15, -0.1) is 5.17 Å². The van der Waals surface area contributed by atoms with Crippen LogP contribution in [0.1, 0.15) is 66.2 Å². The summed E-state index contributed by atoms with van der Waals surface area (Å²) in [5.74, 6) is -0.845. The van der Waals surface area contributed by atoms with Crippen molar-refractivity contribution in [1.82, 2.24) is 10.6 Å². The maximum atomic E-state index is 13.4. The van der Waals surface area contributed by atoms with Crippen molar-refractivity contribution in [2.24, 2.45) is 5.92 Å². The highest BCUT2D eigenvalue weighted by atomic mass is 16.5. The topological polar surface area (TPSA) is 89.9 Å². The Labute approximate surface area is 203 Å². The van der Waals surface area contributed by atoms with Crippen LogP contribution in [0.2, 0.25) is 0 Å². The number of ketones is 2. The van der Waals surface area contributed by atoms with E-state index >= 15 is 0 Å². The fourth-order valence-corrected chi connectivity index (χ4v) is 4.70.